The van der Waals surface area contributed by atoms with E-state index in [1.165, 1.54) is 0 Å². The number of pyridine rings is 1. The van der Waals surface area contributed by atoms with Gasteiger partial charge >= 0.3 is 0 Å². The molecular formula is C10H14N2O. The average molecular weight is 178 g/mol. The van der Waals surface area contributed by atoms with Gasteiger partial charge < -0.3 is 10.1 Å². The van der Waals surface area contributed by atoms with Gasteiger partial charge in [-0.15, -0.1) is 0 Å². The summed E-state index contributed by atoms with van der Waals surface area (Å²) in [7, 11) is 3.46. The molecule has 0 atom stereocenters. The first-order valence-corrected chi connectivity index (χ1v) is 4.07. The van der Waals surface area contributed by atoms with Crippen molar-refractivity contribution in [3.8, 4) is 5.88 Å². The molecule has 0 aromatic carbocycles. The molecule has 13 heavy (non-hydrogen) atoms. The van der Waals surface area contributed by atoms with Crippen molar-refractivity contribution >= 4 is 11.3 Å². The van der Waals surface area contributed by atoms with E-state index in [1.54, 1.807) is 7.11 Å². The second-order valence-corrected chi connectivity index (χ2v) is 2.78. The Morgan fingerprint density at radius 2 is 2.23 bits per heavy atom. The van der Waals surface area contributed by atoms with Gasteiger partial charge in [0.05, 0.1) is 18.5 Å². The lowest BCUT2D eigenvalue weighted by Crippen LogP contribution is -1.98. The van der Waals surface area contributed by atoms with Crippen LogP contribution >= 0.6 is 0 Å². The van der Waals surface area contributed by atoms with Crippen LogP contribution in [0.25, 0.3) is 5.57 Å². The Morgan fingerprint density at radius 1 is 1.54 bits per heavy atom. The first-order chi connectivity index (χ1) is 6.19. The van der Waals surface area contributed by atoms with Crippen molar-refractivity contribution in [2.45, 2.75) is 6.92 Å². The van der Waals surface area contributed by atoms with Crippen LogP contribution in [0, 0.1) is 0 Å². The zero-order valence-electron chi connectivity index (χ0n) is 8.22. The van der Waals surface area contributed by atoms with Crippen molar-refractivity contribution in [2.24, 2.45) is 0 Å². The van der Waals surface area contributed by atoms with E-state index in [4.69, 9.17) is 4.74 Å². The zero-order chi connectivity index (χ0) is 9.84. The van der Waals surface area contributed by atoms with Crippen LogP contribution in [0.2, 0.25) is 0 Å². The summed E-state index contributed by atoms with van der Waals surface area (Å²) in [5.41, 5.74) is 2.73. The molecule has 0 radical (unpaired) electrons. The van der Waals surface area contributed by atoms with Gasteiger partial charge in [-0.1, -0.05) is 6.58 Å². The van der Waals surface area contributed by atoms with Gasteiger partial charge in [-0.25, -0.2) is 4.98 Å². The van der Waals surface area contributed by atoms with Gasteiger partial charge in [-0.05, 0) is 18.6 Å². The molecule has 1 heterocycles. The van der Waals surface area contributed by atoms with Crippen LogP contribution in [0.1, 0.15) is 12.6 Å². The van der Waals surface area contributed by atoms with Crippen LogP contribution in [0.15, 0.2) is 18.7 Å². The summed E-state index contributed by atoms with van der Waals surface area (Å²) in [6.07, 6.45) is 0. The van der Waals surface area contributed by atoms with Crippen LogP contribution in [-0.2, 0) is 0 Å². The monoisotopic (exact) mass is 178 g/mol. The van der Waals surface area contributed by atoms with Crippen molar-refractivity contribution in [1.29, 1.82) is 0 Å². The first-order valence-electron chi connectivity index (χ1n) is 4.07. The number of hydrogen-bond acceptors (Lipinski definition) is 3. The smallest absolute Gasteiger partial charge is 0.213 e. The van der Waals surface area contributed by atoms with Gasteiger partial charge in [0.25, 0.3) is 0 Å². The number of ether oxygens (including phenoxy) is 1. The standard InChI is InChI=1S/C10H14N2O/c1-7(2)10-8(11-3)5-6-9(12-10)13-4/h5-6,11H,1H2,2-4H3. The molecule has 3 nitrogen and oxygen atoms in total. The van der Waals surface area contributed by atoms with E-state index >= 15 is 0 Å². The van der Waals surface area contributed by atoms with Crippen LogP contribution in [0.5, 0.6) is 5.88 Å². The number of rotatable bonds is 3. The number of anilines is 1. The minimum Gasteiger partial charge on any atom is -0.481 e. The maximum Gasteiger partial charge on any atom is 0.213 e. The third kappa shape index (κ3) is 1.99. The number of nitrogens with zero attached hydrogens (tertiary/aromatic N) is 1. The quantitative estimate of drug-likeness (QED) is 0.770. The Hall–Kier alpha value is -1.51. The fourth-order valence-corrected chi connectivity index (χ4v) is 1.08. The Labute approximate surface area is 78.4 Å². The molecule has 0 saturated carbocycles. The molecule has 70 valence electrons. The largest absolute Gasteiger partial charge is 0.481 e. The second kappa shape index (κ2) is 3.94. The number of allylic oxidation sites excluding steroid dienone is 1. The van der Waals surface area contributed by atoms with Gasteiger partial charge in [-0.3, -0.25) is 0 Å². The molecule has 0 aliphatic heterocycles. The summed E-state index contributed by atoms with van der Waals surface area (Å²) < 4.78 is 5.02. The maximum absolute atomic E-state index is 5.02. The average Bonchev–Trinajstić information content (AvgIpc) is 2.16. The van der Waals surface area contributed by atoms with E-state index in [1.807, 2.05) is 26.1 Å². The summed E-state index contributed by atoms with van der Waals surface area (Å²) >= 11 is 0. The van der Waals surface area contributed by atoms with Crippen molar-refractivity contribution in [3.05, 3.63) is 24.4 Å². The Bertz CT molecular complexity index is 321. The van der Waals surface area contributed by atoms with Gasteiger partial charge in [-0.2, -0.15) is 0 Å². The molecule has 1 aromatic rings. The van der Waals surface area contributed by atoms with Crippen LogP contribution in [-0.4, -0.2) is 19.1 Å². The predicted octanol–water partition coefficient (Wildman–Crippen LogP) is 2.17. The van der Waals surface area contributed by atoms with E-state index in [-0.39, 0.29) is 0 Å². The fraction of sp³-hybridized carbons (Fsp3) is 0.300. The van der Waals surface area contributed by atoms with Crippen LogP contribution in [0.3, 0.4) is 0 Å². The summed E-state index contributed by atoms with van der Waals surface area (Å²) in [6, 6.07) is 3.74. The molecule has 0 aliphatic carbocycles. The summed E-state index contributed by atoms with van der Waals surface area (Å²) in [4.78, 5) is 4.28. The van der Waals surface area contributed by atoms with E-state index in [0.717, 1.165) is 17.0 Å². The van der Waals surface area contributed by atoms with Crippen molar-refractivity contribution in [1.82, 2.24) is 4.98 Å². The number of methoxy groups -OCH3 is 1. The van der Waals surface area contributed by atoms with Gasteiger partial charge in [0.2, 0.25) is 5.88 Å². The third-order valence-electron chi connectivity index (χ3n) is 1.75. The molecule has 0 fully saturated rings. The van der Waals surface area contributed by atoms with E-state index in [9.17, 15) is 0 Å². The number of nitrogens with one attached hydrogen (secondary N) is 1. The van der Waals surface area contributed by atoms with E-state index in [2.05, 4.69) is 16.9 Å². The van der Waals surface area contributed by atoms with Crippen LogP contribution < -0.4 is 10.1 Å². The third-order valence-corrected chi connectivity index (χ3v) is 1.75. The molecule has 1 N–H and O–H groups in total. The molecule has 0 aliphatic rings. The maximum atomic E-state index is 5.02. The molecule has 1 rings (SSSR count). The lowest BCUT2D eigenvalue weighted by Gasteiger charge is -2.08. The van der Waals surface area contributed by atoms with Crippen molar-refractivity contribution < 1.29 is 4.74 Å². The minimum absolute atomic E-state index is 0.608. The summed E-state index contributed by atoms with van der Waals surface area (Å²) in [5, 5.41) is 3.05. The molecular weight excluding hydrogens is 164 g/mol. The van der Waals surface area contributed by atoms with Gasteiger partial charge in [0.1, 0.15) is 0 Å². The highest BCUT2D eigenvalue weighted by atomic mass is 16.5. The molecule has 3 heteroatoms. The number of hydrogen-bond donors (Lipinski definition) is 1. The highest BCUT2D eigenvalue weighted by molar-refractivity contribution is 5.71. The molecule has 1 aromatic heterocycles. The van der Waals surface area contributed by atoms with Crippen molar-refractivity contribution in [3.63, 3.8) is 0 Å². The summed E-state index contributed by atoms with van der Waals surface area (Å²) in [5.74, 6) is 0.608. The zero-order valence-corrected chi connectivity index (χ0v) is 8.22. The molecule has 0 spiro atoms. The van der Waals surface area contributed by atoms with Gasteiger partial charge in [0, 0.05) is 13.1 Å². The Balaban J connectivity index is 3.18. The topological polar surface area (TPSA) is 34.1 Å². The van der Waals surface area contributed by atoms with E-state index < -0.39 is 0 Å². The normalized spacial score (nSPS) is 9.46. The molecule has 0 unspecified atom stereocenters. The lowest BCUT2D eigenvalue weighted by atomic mass is 10.2. The minimum atomic E-state index is 0.608. The second-order valence-electron chi connectivity index (χ2n) is 2.78. The lowest BCUT2D eigenvalue weighted by molar-refractivity contribution is 0.397. The SMILES string of the molecule is C=C(C)c1nc(OC)ccc1NC. The highest BCUT2D eigenvalue weighted by Gasteiger charge is 2.04. The Morgan fingerprint density at radius 3 is 2.69 bits per heavy atom. The summed E-state index contributed by atoms with van der Waals surface area (Å²) in [6.45, 7) is 5.77. The van der Waals surface area contributed by atoms with E-state index in [0.29, 0.717) is 5.88 Å². The first kappa shape index (κ1) is 9.58. The number of aromatic nitrogens is 1. The fourth-order valence-electron chi connectivity index (χ4n) is 1.08. The highest BCUT2D eigenvalue weighted by Crippen LogP contribution is 2.22. The van der Waals surface area contributed by atoms with Crippen molar-refractivity contribution in [2.75, 3.05) is 19.5 Å². The van der Waals surface area contributed by atoms with Gasteiger partial charge in [0.15, 0.2) is 0 Å². The van der Waals surface area contributed by atoms with Crippen LogP contribution in [0.4, 0.5) is 5.69 Å². The Kier molecular flexibility index (Phi) is 2.90. The molecule has 0 amide bonds. The predicted molar refractivity (Wildman–Crippen MR) is 55.0 cm³/mol. The molecule has 0 saturated heterocycles. The molecule has 0 bridgehead atoms.